The van der Waals surface area contributed by atoms with Crippen LogP contribution in [0.2, 0.25) is 0 Å². The third-order valence-electron chi connectivity index (χ3n) is 4.58. The van der Waals surface area contributed by atoms with Crippen LogP contribution < -0.4 is 10.1 Å². The standard InChI is InChI=1S/C20H17N5O4S/c1-12-9-18-22-23-20(24(18)16-6-4-3-5-14(12)16)30-11-19(26)21-15-8-7-13(29-2)10-17(15)25(27)28/h3-10H,11H2,1-2H3,(H,21,26). The molecule has 0 aliphatic heterocycles. The third-order valence-corrected chi connectivity index (χ3v) is 5.51. The van der Waals surface area contributed by atoms with Gasteiger partial charge in [0.25, 0.3) is 5.69 Å². The number of carbonyl (C=O) groups excluding carboxylic acids is 1. The van der Waals surface area contributed by atoms with Crippen LogP contribution in [0.15, 0.2) is 53.7 Å². The number of ether oxygens (including phenoxy) is 1. The van der Waals surface area contributed by atoms with E-state index in [1.54, 1.807) is 6.07 Å². The zero-order chi connectivity index (χ0) is 21.3. The first kappa shape index (κ1) is 19.6. The number of fused-ring (bicyclic) bond motifs is 3. The molecule has 0 bridgehead atoms. The van der Waals surface area contributed by atoms with Gasteiger partial charge in [0.1, 0.15) is 11.4 Å². The topological polar surface area (TPSA) is 112 Å². The smallest absolute Gasteiger partial charge is 0.296 e. The van der Waals surface area contributed by atoms with E-state index in [2.05, 4.69) is 15.5 Å². The number of nitrogens with zero attached hydrogens (tertiary/aromatic N) is 4. The van der Waals surface area contributed by atoms with E-state index in [1.807, 2.05) is 41.7 Å². The Balaban J connectivity index is 1.56. The Hall–Kier alpha value is -3.66. The predicted octanol–water partition coefficient (Wildman–Crippen LogP) is 3.84. The minimum absolute atomic E-state index is 0.0200. The fraction of sp³-hybridized carbons (Fsp3) is 0.150. The Labute approximate surface area is 175 Å². The van der Waals surface area contributed by atoms with E-state index in [9.17, 15) is 14.9 Å². The van der Waals surface area contributed by atoms with Gasteiger partial charge in [-0.15, -0.1) is 10.2 Å². The van der Waals surface area contributed by atoms with E-state index in [0.717, 1.165) is 16.5 Å². The quantitative estimate of drug-likeness (QED) is 0.285. The van der Waals surface area contributed by atoms with Gasteiger partial charge in [-0.3, -0.25) is 19.3 Å². The Kier molecular flexibility index (Phi) is 5.23. The zero-order valence-corrected chi connectivity index (χ0v) is 17.0. The molecule has 2 aromatic heterocycles. The fourth-order valence-electron chi connectivity index (χ4n) is 3.18. The summed E-state index contributed by atoms with van der Waals surface area (Å²) in [5, 5.41) is 23.9. The van der Waals surface area contributed by atoms with Gasteiger partial charge in [0.2, 0.25) is 5.91 Å². The van der Waals surface area contributed by atoms with Gasteiger partial charge in [-0.05, 0) is 36.8 Å². The molecule has 2 heterocycles. The van der Waals surface area contributed by atoms with Crippen LogP contribution in [0.5, 0.6) is 5.75 Å². The monoisotopic (exact) mass is 423 g/mol. The summed E-state index contributed by atoms with van der Waals surface area (Å²) < 4.78 is 6.91. The molecule has 1 amide bonds. The molecule has 0 fully saturated rings. The number of para-hydroxylation sites is 1. The molecule has 4 aromatic rings. The molecule has 10 heteroatoms. The number of rotatable bonds is 6. The van der Waals surface area contributed by atoms with E-state index in [4.69, 9.17) is 4.74 Å². The van der Waals surface area contributed by atoms with Crippen LogP contribution >= 0.6 is 11.8 Å². The Bertz CT molecular complexity index is 1290. The molecule has 2 aromatic carbocycles. The number of nitrogens with one attached hydrogen (secondary N) is 1. The molecule has 4 rings (SSSR count). The average Bonchev–Trinajstić information content (AvgIpc) is 3.15. The van der Waals surface area contributed by atoms with E-state index in [0.29, 0.717) is 16.6 Å². The lowest BCUT2D eigenvalue weighted by atomic mass is 10.1. The molecule has 30 heavy (non-hydrogen) atoms. The van der Waals surface area contributed by atoms with E-state index in [-0.39, 0.29) is 23.0 Å². The first-order valence-corrected chi connectivity index (χ1v) is 9.95. The van der Waals surface area contributed by atoms with Crippen molar-refractivity contribution < 1.29 is 14.5 Å². The van der Waals surface area contributed by atoms with Gasteiger partial charge in [0, 0.05) is 5.39 Å². The number of carbonyl (C=O) groups is 1. The maximum atomic E-state index is 12.4. The van der Waals surface area contributed by atoms with Crippen LogP contribution in [0.1, 0.15) is 5.56 Å². The summed E-state index contributed by atoms with van der Waals surface area (Å²) in [5.74, 6) is -0.0285. The van der Waals surface area contributed by atoms with Crippen molar-refractivity contribution in [2.45, 2.75) is 12.1 Å². The summed E-state index contributed by atoms with van der Waals surface area (Å²) in [6.45, 7) is 2.01. The molecular weight excluding hydrogens is 406 g/mol. The van der Waals surface area contributed by atoms with Crippen LogP contribution in [0.4, 0.5) is 11.4 Å². The predicted molar refractivity (Wildman–Crippen MR) is 114 cm³/mol. The normalized spacial score (nSPS) is 11.0. The lowest BCUT2D eigenvalue weighted by molar-refractivity contribution is -0.384. The summed E-state index contributed by atoms with van der Waals surface area (Å²) in [6.07, 6.45) is 0. The molecule has 1 N–H and O–H groups in total. The minimum Gasteiger partial charge on any atom is -0.496 e. The highest BCUT2D eigenvalue weighted by Crippen LogP contribution is 2.30. The summed E-state index contributed by atoms with van der Waals surface area (Å²) in [6, 6.07) is 14.1. The maximum absolute atomic E-state index is 12.4. The number of thioether (sulfide) groups is 1. The second-order valence-corrected chi connectivity index (χ2v) is 7.44. The second kappa shape index (κ2) is 7.99. The van der Waals surface area contributed by atoms with Crippen molar-refractivity contribution in [2.24, 2.45) is 0 Å². The molecule has 0 atom stereocenters. The maximum Gasteiger partial charge on any atom is 0.296 e. The van der Waals surface area contributed by atoms with Gasteiger partial charge in [-0.2, -0.15) is 0 Å². The van der Waals surface area contributed by atoms with Gasteiger partial charge in [-0.25, -0.2) is 0 Å². The summed E-state index contributed by atoms with van der Waals surface area (Å²) >= 11 is 1.21. The minimum atomic E-state index is -0.564. The van der Waals surface area contributed by atoms with Crippen molar-refractivity contribution in [3.05, 3.63) is 64.2 Å². The van der Waals surface area contributed by atoms with Gasteiger partial charge in [0.15, 0.2) is 10.8 Å². The second-order valence-electron chi connectivity index (χ2n) is 6.50. The van der Waals surface area contributed by atoms with Gasteiger partial charge >= 0.3 is 0 Å². The largest absolute Gasteiger partial charge is 0.496 e. The lowest BCUT2D eigenvalue weighted by Gasteiger charge is -2.08. The highest BCUT2D eigenvalue weighted by molar-refractivity contribution is 7.99. The Morgan fingerprint density at radius 3 is 2.80 bits per heavy atom. The molecule has 0 saturated heterocycles. The van der Waals surface area contributed by atoms with E-state index in [1.165, 1.54) is 31.0 Å². The number of pyridine rings is 1. The average molecular weight is 423 g/mol. The number of aryl methyl sites for hydroxylation is 1. The number of hydrogen-bond acceptors (Lipinski definition) is 7. The van der Waals surface area contributed by atoms with Gasteiger partial charge in [0.05, 0.1) is 29.4 Å². The SMILES string of the molecule is COc1ccc(NC(=O)CSc2nnc3cc(C)c4ccccc4n23)c([N+](=O)[O-])c1. The molecule has 0 spiro atoms. The summed E-state index contributed by atoms with van der Waals surface area (Å²) in [7, 11) is 1.42. The van der Waals surface area contributed by atoms with Gasteiger partial charge < -0.3 is 10.1 Å². The van der Waals surface area contributed by atoms with E-state index >= 15 is 0 Å². The number of methoxy groups -OCH3 is 1. The molecule has 0 unspecified atom stereocenters. The molecule has 9 nitrogen and oxygen atoms in total. The van der Waals surface area contributed by atoms with Crippen LogP contribution in [-0.4, -0.2) is 38.3 Å². The first-order chi connectivity index (χ1) is 14.5. The highest BCUT2D eigenvalue weighted by atomic mass is 32.2. The number of aromatic nitrogens is 3. The van der Waals surface area contributed by atoms with Crippen LogP contribution in [-0.2, 0) is 4.79 Å². The summed E-state index contributed by atoms with van der Waals surface area (Å²) in [5.41, 5.74) is 2.61. The van der Waals surface area contributed by atoms with Crippen LogP contribution in [0.3, 0.4) is 0 Å². The number of nitro groups is 1. The number of nitro benzene ring substituents is 1. The highest BCUT2D eigenvalue weighted by Gasteiger charge is 2.18. The molecular formula is C20H17N5O4S. The first-order valence-electron chi connectivity index (χ1n) is 8.96. The van der Waals surface area contributed by atoms with Gasteiger partial charge in [-0.1, -0.05) is 30.0 Å². The van der Waals surface area contributed by atoms with E-state index < -0.39 is 4.92 Å². The van der Waals surface area contributed by atoms with Crippen molar-refractivity contribution >= 4 is 45.6 Å². The van der Waals surface area contributed by atoms with Crippen molar-refractivity contribution in [1.29, 1.82) is 0 Å². The van der Waals surface area contributed by atoms with Crippen molar-refractivity contribution in [3.63, 3.8) is 0 Å². The molecule has 152 valence electrons. The number of anilines is 1. The Morgan fingerprint density at radius 2 is 2.03 bits per heavy atom. The fourth-order valence-corrected chi connectivity index (χ4v) is 3.93. The molecule has 0 aliphatic carbocycles. The molecule has 0 radical (unpaired) electrons. The molecule has 0 aliphatic rings. The number of amides is 1. The van der Waals surface area contributed by atoms with Crippen molar-refractivity contribution in [2.75, 3.05) is 18.2 Å². The van der Waals surface area contributed by atoms with Crippen molar-refractivity contribution in [1.82, 2.24) is 14.6 Å². The van der Waals surface area contributed by atoms with Crippen LogP contribution in [0, 0.1) is 17.0 Å². The number of benzene rings is 2. The van der Waals surface area contributed by atoms with Crippen molar-refractivity contribution in [3.8, 4) is 5.75 Å². The number of hydrogen-bond donors (Lipinski definition) is 1. The summed E-state index contributed by atoms with van der Waals surface area (Å²) in [4.78, 5) is 23.2. The van der Waals surface area contributed by atoms with Crippen LogP contribution in [0.25, 0.3) is 16.6 Å². The zero-order valence-electron chi connectivity index (χ0n) is 16.2. The Morgan fingerprint density at radius 1 is 1.23 bits per heavy atom. The third kappa shape index (κ3) is 3.64. The molecule has 0 saturated carbocycles. The lowest BCUT2D eigenvalue weighted by Crippen LogP contribution is -2.15.